The predicted octanol–water partition coefficient (Wildman–Crippen LogP) is 2.60. The summed E-state index contributed by atoms with van der Waals surface area (Å²) in [5, 5.41) is 6.29. The van der Waals surface area contributed by atoms with Gasteiger partial charge in [0.15, 0.2) is 5.76 Å². The lowest BCUT2D eigenvalue weighted by molar-refractivity contribution is 0.0210. The van der Waals surface area contributed by atoms with Gasteiger partial charge in [-0.15, -0.1) is 0 Å². The van der Waals surface area contributed by atoms with Crippen LogP contribution in [0, 0.1) is 5.92 Å². The summed E-state index contributed by atoms with van der Waals surface area (Å²) in [6.45, 7) is 4.48. The monoisotopic (exact) mass is 340 g/mol. The number of aromatic nitrogens is 1. The third-order valence-corrected chi connectivity index (χ3v) is 5.64. The van der Waals surface area contributed by atoms with Crippen molar-refractivity contribution in [1.82, 2.24) is 15.2 Å². The molecule has 0 aliphatic carbocycles. The largest absolute Gasteiger partial charge is 0.432 e. The molecule has 3 saturated heterocycles. The van der Waals surface area contributed by atoms with Gasteiger partial charge < -0.3 is 15.1 Å². The molecule has 5 rings (SSSR count). The number of oxazole rings is 1. The van der Waals surface area contributed by atoms with Crippen LogP contribution in [-0.4, -0.2) is 48.0 Å². The molecule has 2 aromatic rings. The SMILES string of the molecule is CNc1ccccc1-c1cnc(C(=O)N[C@@H]2C3CCN(CC3)[C@@H]2C)o1. The molecule has 2 N–H and O–H groups in total. The summed E-state index contributed by atoms with van der Waals surface area (Å²) < 4.78 is 5.75. The van der Waals surface area contributed by atoms with Crippen molar-refractivity contribution in [2.45, 2.75) is 31.8 Å². The first-order valence-electron chi connectivity index (χ1n) is 8.95. The van der Waals surface area contributed by atoms with Crippen molar-refractivity contribution < 1.29 is 9.21 Å². The number of fused-ring (bicyclic) bond motifs is 3. The molecule has 6 nitrogen and oxygen atoms in total. The highest BCUT2D eigenvalue weighted by molar-refractivity contribution is 5.90. The molecule has 0 saturated carbocycles. The van der Waals surface area contributed by atoms with Crippen LogP contribution in [0.25, 0.3) is 11.3 Å². The van der Waals surface area contributed by atoms with Crippen molar-refractivity contribution in [3.05, 3.63) is 36.4 Å². The number of hydrogen-bond acceptors (Lipinski definition) is 5. The number of rotatable bonds is 4. The molecule has 2 atom stereocenters. The predicted molar refractivity (Wildman–Crippen MR) is 96.5 cm³/mol. The highest BCUT2D eigenvalue weighted by Crippen LogP contribution is 2.32. The van der Waals surface area contributed by atoms with Gasteiger partial charge in [0.25, 0.3) is 5.89 Å². The Morgan fingerprint density at radius 3 is 2.76 bits per heavy atom. The lowest BCUT2D eigenvalue weighted by Crippen LogP contribution is -2.62. The maximum absolute atomic E-state index is 12.6. The summed E-state index contributed by atoms with van der Waals surface area (Å²) in [6.07, 6.45) is 3.92. The van der Waals surface area contributed by atoms with Crippen LogP contribution in [0.3, 0.4) is 0 Å². The van der Waals surface area contributed by atoms with Gasteiger partial charge in [-0.05, 0) is 50.9 Å². The fourth-order valence-corrected chi connectivity index (χ4v) is 4.18. The van der Waals surface area contributed by atoms with Gasteiger partial charge in [0.05, 0.1) is 6.20 Å². The average Bonchev–Trinajstić information content (AvgIpc) is 3.15. The van der Waals surface area contributed by atoms with Crippen LogP contribution >= 0.6 is 0 Å². The standard InChI is InChI=1S/C19H24N4O2/c1-12-17(13-7-9-23(12)10-8-13)22-18(24)19-21-11-16(25-19)14-5-3-4-6-15(14)20-2/h3-6,11-13,17,20H,7-10H2,1-2H3,(H,22,24)/t12-,17+/m1/s1. The second kappa shape index (κ2) is 6.52. The normalized spacial score (nSPS) is 27.9. The quantitative estimate of drug-likeness (QED) is 0.895. The molecular weight excluding hydrogens is 316 g/mol. The van der Waals surface area contributed by atoms with E-state index in [1.54, 1.807) is 6.20 Å². The number of amides is 1. The van der Waals surface area contributed by atoms with Gasteiger partial charge in [-0.2, -0.15) is 0 Å². The molecule has 6 heteroatoms. The van der Waals surface area contributed by atoms with Gasteiger partial charge in [-0.25, -0.2) is 4.98 Å². The lowest BCUT2D eigenvalue weighted by atomic mass is 9.79. The minimum atomic E-state index is -0.223. The van der Waals surface area contributed by atoms with Crippen molar-refractivity contribution in [3.8, 4) is 11.3 Å². The van der Waals surface area contributed by atoms with E-state index in [0.29, 0.717) is 17.7 Å². The Morgan fingerprint density at radius 2 is 2.04 bits per heavy atom. The van der Waals surface area contributed by atoms with Gasteiger partial charge in [-0.1, -0.05) is 12.1 Å². The first-order chi connectivity index (χ1) is 12.2. The third-order valence-electron chi connectivity index (χ3n) is 5.64. The zero-order valence-corrected chi connectivity index (χ0v) is 14.7. The Bertz CT molecular complexity index is 762. The lowest BCUT2D eigenvalue weighted by Gasteiger charge is -2.49. The Labute approximate surface area is 147 Å². The number of carbonyl (C=O) groups excluding carboxylic acids is 1. The highest BCUT2D eigenvalue weighted by Gasteiger charge is 2.40. The highest BCUT2D eigenvalue weighted by atomic mass is 16.4. The summed E-state index contributed by atoms with van der Waals surface area (Å²) in [5.41, 5.74) is 1.84. The summed E-state index contributed by atoms with van der Waals surface area (Å²) in [6, 6.07) is 8.35. The number of carbonyl (C=O) groups is 1. The molecular formula is C19H24N4O2. The number of piperidine rings is 3. The number of para-hydroxylation sites is 1. The van der Waals surface area contributed by atoms with Crippen molar-refractivity contribution in [2.75, 3.05) is 25.5 Å². The van der Waals surface area contributed by atoms with Crippen LogP contribution < -0.4 is 10.6 Å². The summed E-state index contributed by atoms with van der Waals surface area (Å²) in [5.74, 6) is 1.06. The number of nitrogens with one attached hydrogen (secondary N) is 2. The number of anilines is 1. The number of benzene rings is 1. The van der Waals surface area contributed by atoms with E-state index in [1.807, 2.05) is 31.3 Å². The van der Waals surface area contributed by atoms with E-state index in [0.717, 1.165) is 37.2 Å². The molecule has 3 fully saturated rings. The Kier molecular flexibility index (Phi) is 4.21. The van der Waals surface area contributed by atoms with Gasteiger partial charge in [0, 0.05) is 30.4 Å². The number of nitrogens with zero attached hydrogens (tertiary/aromatic N) is 2. The van der Waals surface area contributed by atoms with E-state index >= 15 is 0 Å². The maximum Gasteiger partial charge on any atom is 0.307 e. The second-order valence-corrected chi connectivity index (χ2v) is 6.94. The van der Waals surface area contributed by atoms with Gasteiger partial charge in [-0.3, -0.25) is 9.69 Å². The first-order valence-corrected chi connectivity index (χ1v) is 8.95. The van der Waals surface area contributed by atoms with E-state index in [-0.39, 0.29) is 17.8 Å². The smallest absolute Gasteiger partial charge is 0.307 e. The molecule has 0 unspecified atom stereocenters. The molecule has 132 valence electrons. The minimum Gasteiger partial charge on any atom is -0.432 e. The van der Waals surface area contributed by atoms with E-state index in [1.165, 1.54) is 0 Å². The minimum absolute atomic E-state index is 0.129. The molecule has 0 spiro atoms. The van der Waals surface area contributed by atoms with Gasteiger partial charge >= 0.3 is 5.91 Å². The average molecular weight is 340 g/mol. The molecule has 3 aliphatic heterocycles. The molecule has 2 bridgehead atoms. The van der Waals surface area contributed by atoms with Crippen LogP contribution in [0.5, 0.6) is 0 Å². The van der Waals surface area contributed by atoms with Crippen LogP contribution in [-0.2, 0) is 0 Å². The van der Waals surface area contributed by atoms with Gasteiger partial charge in [0.2, 0.25) is 0 Å². The Hall–Kier alpha value is -2.34. The van der Waals surface area contributed by atoms with Crippen LogP contribution in [0.1, 0.15) is 30.5 Å². The van der Waals surface area contributed by atoms with Crippen molar-refractivity contribution in [3.63, 3.8) is 0 Å². The molecule has 4 heterocycles. The topological polar surface area (TPSA) is 70.4 Å². The van der Waals surface area contributed by atoms with Crippen molar-refractivity contribution >= 4 is 11.6 Å². The molecule has 25 heavy (non-hydrogen) atoms. The van der Waals surface area contributed by atoms with E-state index in [9.17, 15) is 4.79 Å². The van der Waals surface area contributed by atoms with E-state index in [2.05, 4.69) is 27.4 Å². The molecule has 3 aliphatic rings. The van der Waals surface area contributed by atoms with Crippen LogP contribution in [0.15, 0.2) is 34.9 Å². The fourth-order valence-electron chi connectivity index (χ4n) is 4.18. The summed E-state index contributed by atoms with van der Waals surface area (Å²) in [4.78, 5) is 19.3. The fraction of sp³-hybridized carbons (Fsp3) is 0.474. The van der Waals surface area contributed by atoms with E-state index < -0.39 is 0 Å². The van der Waals surface area contributed by atoms with E-state index in [4.69, 9.17) is 4.42 Å². The second-order valence-electron chi connectivity index (χ2n) is 6.94. The molecule has 1 aromatic carbocycles. The Morgan fingerprint density at radius 1 is 1.28 bits per heavy atom. The van der Waals surface area contributed by atoms with Gasteiger partial charge in [0.1, 0.15) is 0 Å². The summed E-state index contributed by atoms with van der Waals surface area (Å²) >= 11 is 0. The maximum atomic E-state index is 12.6. The zero-order chi connectivity index (χ0) is 17.4. The third kappa shape index (κ3) is 2.91. The first kappa shape index (κ1) is 16.1. The number of hydrogen-bond donors (Lipinski definition) is 2. The van der Waals surface area contributed by atoms with Crippen LogP contribution in [0.2, 0.25) is 0 Å². The van der Waals surface area contributed by atoms with Crippen molar-refractivity contribution in [1.29, 1.82) is 0 Å². The Balaban J connectivity index is 1.51. The zero-order valence-electron chi connectivity index (χ0n) is 14.7. The van der Waals surface area contributed by atoms with Crippen LogP contribution in [0.4, 0.5) is 5.69 Å². The molecule has 1 aromatic heterocycles. The molecule has 1 amide bonds. The molecule has 0 radical (unpaired) electrons. The van der Waals surface area contributed by atoms with Crippen molar-refractivity contribution in [2.24, 2.45) is 5.92 Å². The summed E-state index contributed by atoms with van der Waals surface area (Å²) in [7, 11) is 1.86.